The maximum absolute atomic E-state index is 13.0. The topological polar surface area (TPSA) is 62.6 Å². The number of rotatable bonds is 5. The van der Waals surface area contributed by atoms with Crippen LogP contribution in [0.5, 0.6) is 0 Å². The van der Waals surface area contributed by atoms with E-state index in [4.69, 9.17) is 0 Å². The van der Waals surface area contributed by atoms with Gasteiger partial charge >= 0.3 is 0 Å². The number of hydrogen-bond donors (Lipinski definition) is 0. The van der Waals surface area contributed by atoms with Crippen LogP contribution in [0, 0.1) is 0 Å². The summed E-state index contributed by atoms with van der Waals surface area (Å²) in [6.07, 6.45) is 9.93. The smallest absolute Gasteiger partial charge is 0.243 e. The van der Waals surface area contributed by atoms with Gasteiger partial charge in [0.25, 0.3) is 0 Å². The monoisotopic (exact) mass is 417 g/mol. The molecule has 158 valence electrons. The van der Waals surface area contributed by atoms with Gasteiger partial charge in [-0.3, -0.25) is 4.79 Å². The van der Waals surface area contributed by atoms with Crippen molar-refractivity contribution in [1.29, 1.82) is 0 Å². The predicted octanol–water partition coefficient (Wildman–Crippen LogP) is 3.61. The highest BCUT2D eigenvalue weighted by molar-refractivity contribution is 7.89. The predicted molar refractivity (Wildman–Crippen MR) is 114 cm³/mol. The van der Waals surface area contributed by atoms with Crippen molar-refractivity contribution in [1.82, 2.24) is 13.8 Å². The first-order chi connectivity index (χ1) is 14.1. The van der Waals surface area contributed by atoms with E-state index in [1.807, 2.05) is 23.2 Å². The molecule has 0 aliphatic carbocycles. The van der Waals surface area contributed by atoms with Crippen LogP contribution >= 0.6 is 0 Å². The zero-order valence-electron chi connectivity index (χ0n) is 17.1. The fraction of sp³-hybridized carbons (Fsp3) is 0.591. The van der Waals surface area contributed by atoms with Crippen LogP contribution in [0.3, 0.4) is 0 Å². The summed E-state index contributed by atoms with van der Waals surface area (Å²) in [5, 5.41) is 0.909. The molecule has 0 unspecified atom stereocenters. The van der Waals surface area contributed by atoms with Crippen LogP contribution in [0.4, 0.5) is 0 Å². The number of carbonyl (C=O) groups excluding carboxylic acids is 1. The van der Waals surface area contributed by atoms with Crippen LogP contribution in [0.1, 0.15) is 51.4 Å². The van der Waals surface area contributed by atoms with Crippen LogP contribution in [-0.2, 0) is 21.4 Å². The molecule has 2 aliphatic rings. The van der Waals surface area contributed by atoms with Crippen LogP contribution in [0.15, 0.2) is 35.4 Å². The zero-order valence-corrected chi connectivity index (χ0v) is 17.9. The number of sulfonamides is 1. The van der Waals surface area contributed by atoms with Crippen molar-refractivity contribution in [3.05, 3.63) is 30.5 Å². The molecule has 4 rings (SSSR count). The van der Waals surface area contributed by atoms with Crippen molar-refractivity contribution < 1.29 is 13.2 Å². The number of nitrogens with zero attached hydrogens (tertiary/aromatic N) is 3. The minimum Gasteiger partial charge on any atom is -0.347 e. The fourth-order valence-corrected chi connectivity index (χ4v) is 6.04. The highest BCUT2D eigenvalue weighted by Crippen LogP contribution is 2.25. The molecule has 0 saturated carbocycles. The molecule has 3 heterocycles. The van der Waals surface area contributed by atoms with Crippen LogP contribution in [-0.4, -0.2) is 54.3 Å². The number of benzene rings is 1. The van der Waals surface area contributed by atoms with Crippen molar-refractivity contribution in [3.8, 4) is 0 Å². The number of amides is 1. The molecule has 0 bridgehead atoms. The Hall–Kier alpha value is -1.86. The molecule has 2 aliphatic heterocycles. The van der Waals surface area contributed by atoms with E-state index in [0.717, 1.165) is 62.5 Å². The number of hydrogen-bond acceptors (Lipinski definition) is 3. The molecule has 6 nitrogen and oxygen atoms in total. The summed E-state index contributed by atoms with van der Waals surface area (Å²) in [5.74, 6) is 0.215. The van der Waals surface area contributed by atoms with Gasteiger partial charge in [-0.2, -0.15) is 4.31 Å². The van der Waals surface area contributed by atoms with E-state index < -0.39 is 10.0 Å². The highest BCUT2D eigenvalue weighted by Gasteiger charge is 2.25. The molecule has 2 saturated heterocycles. The fourth-order valence-electron chi connectivity index (χ4n) is 4.48. The zero-order chi connectivity index (χ0) is 20.3. The first-order valence-electron chi connectivity index (χ1n) is 10.9. The number of carbonyl (C=O) groups is 1. The number of aromatic nitrogens is 1. The Balaban J connectivity index is 1.47. The molecule has 1 aromatic heterocycles. The summed E-state index contributed by atoms with van der Waals surface area (Å²) in [4.78, 5) is 14.8. The lowest BCUT2D eigenvalue weighted by atomic mass is 10.1. The summed E-state index contributed by atoms with van der Waals surface area (Å²) in [5.41, 5.74) is 0.978. The Morgan fingerprint density at radius 1 is 0.862 bits per heavy atom. The molecule has 7 heteroatoms. The lowest BCUT2D eigenvalue weighted by molar-refractivity contribution is -0.132. The summed E-state index contributed by atoms with van der Waals surface area (Å²) in [6, 6.07) is 7.32. The lowest BCUT2D eigenvalue weighted by Crippen LogP contribution is -2.35. The van der Waals surface area contributed by atoms with Gasteiger partial charge in [0.05, 0.1) is 4.90 Å². The quantitative estimate of drug-likeness (QED) is 0.747. The molecule has 0 atom stereocenters. The van der Waals surface area contributed by atoms with E-state index in [1.54, 1.807) is 16.4 Å². The number of likely N-dealkylation sites (tertiary alicyclic amines) is 1. The SMILES string of the molecule is O=C(CCn1ccc2cc(S(=O)(=O)N3CCCCCC3)ccc21)N1CCCCC1. The second-order valence-corrected chi connectivity index (χ2v) is 10.2. The number of fused-ring (bicyclic) bond motifs is 1. The molecule has 2 fully saturated rings. The second kappa shape index (κ2) is 8.88. The molecular weight excluding hydrogens is 386 g/mol. The molecule has 1 aromatic carbocycles. The second-order valence-electron chi connectivity index (χ2n) is 8.24. The minimum absolute atomic E-state index is 0.215. The molecular formula is C22H31N3O3S. The Labute approximate surface area is 173 Å². The molecule has 29 heavy (non-hydrogen) atoms. The van der Waals surface area contributed by atoms with Gasteiger partial charge in [0.15, 0.2) is 0 Å². The third kappa shape index (κ3) is 4.51. The third-order valence-corrected chi connectivity index (χ3v) is 8.12. The Bertz CT molecular complexity index is 953. The summed E-state index contributed by atoms with van der Waals surface area (Å²) in [6.45, 7) is 3.60. The van der Waals surface area contributed by atoms with Gasteiger partial charge in [-0.15, -0.1) is 0 Å². The third-order valence-electron chi connectivity index (χ3n) is 6.22. The van der Waals surface area contributed by atoms with Crippen LogP contribution in [0.25, 0.3) is 10.9 Å². The van der Waals surface area contributed by atoms with Gasteiger partial charge in [0.2, 0.25) is 15.9 Å². The molecule has 1 amide bonds. The van der Waals surface area contributed by atoms with Gasteiger partial charge in [-0.1, -0.05) is 12.8 Å². The van der Waals surface area contributed by atoms with Gasteiger partial charge in [-0.05, 0) is 56.4 Å². The number of aryl methyl sites for hydroxylation is 1. The van der Waals surface area contributed by atoms with Gasteiger partial charge in [0.1, 0.15) is 0 Å². The summed E-state index contributed by atoms with van der Waals surface area (Å²) < 4.78 is 29.8. The molecule has 0 radical (unpaired) electrons. The summed E-state index contributed by atoms with van der Waals surface area (Å²) in [7, 11) is -3.44. The minimum atomic E-state index is -3.44. The first-order valence-corrected chi connectivity index (χ1v) is 12.4. The van der Waals surface area contributed by atoms with Crippen LogP contribution < -0.4 is 0 Å². The number of piperidine rings is 1. The Morgan fingerprint density at radius 3 is 2.24 bits per heavy atom. The molecule has 0 N–H and O–H groups in total. The standard InChI is InChI=1S/C22H31N3O3S/c26-22(24-12-4-3-5-13-24)11-17-23-16-10-19-18-20(8-9-21(19)23)29(27,28)25-14-6-1-2-7-15-25/h8-10,16,18H,1-7,11-15,17H2. The van der Waals surface area contributed by atoms with E-state index in [1.165, 1.54) is 6.42 Å². The van der Waals surface area contributed by atoms with Crippen molar-refractivity contribution in [3.63, 3.8) is 0 Å². The lowest BCUT2D eigenvalue weighted by Gasteiger charge is -2.26. The highest BCUT2D eigenvalue weighted by atomic mass is 32.2. The van der Waals surface area contributed by atoms with Crippen molar-refractivity contribution in [2.75, 3.05) is 26.2 Å². The average molecular weight is 418 g/mol. The van der Waals surface area contributed by atoms with Gasteiger partial charge in [-0.25, -0.2) is 8.42 Å². The summed E-state index contributed by atoms with van der Waals surface area (Å²) >= 11 is 0. The van der Waals surface area contributed by atoms with Crippen molar-refractivity contribution in [2.24, 2.45) is 0 Å². The Morgan fingerprint density at radius 2 is 1.52 bits per heavy atom. The largest absolute Gasteiger partial charge is 0.347 e. The van der Waals surface area contributed by atoms with Crippen molar-refractivity contribution in [2.45, 2.75) is 62.8 Å². The normalized spacial score (nSPS) is 19.4. The average Bonchev–Trinajstić information content (AvgIpc) is 2.95. The molecule has 0 spiro atoms. The van der Waals surface area contributed by atoms with Crippen molar-refractivity contribution >= 4 is 26.8 Å². The van der Waals surface area contributed by atoms with E-state index >= 15 is 0 Å². The van der Waals surface area contributed by atoms with E-state index in [9.17, 15) is 13.2 Å². The molecule has 2 aromatic rings. The van der Waals surface area contributed by atoms with E-state index in [2.05, 4.69) is 4.57 Å². The van der Waals surface area contributed by atoms with Gasteiger partial charge < -0.3 is 9.47 Å². The first kappa shape index (κ1) is 20.4. The van der Waals surface area contributed by atoms with E-state index in [-0.39, 0.29) is 5.91 Å². The maximum atomic E-state index is 13.0. The maximum Gasteiger partial charge on any atom is 0.243 e. The van der Waals surface area contributed by atoms with E-state index in [0.29, 0.717) is 31.0 Å². The Kier molecular flexibility index (Phi) is 6.25. The van der Waals surface area contributed by atoms with Crippen LogP contribution in [0.2, 0.25) is 0 Å². The van der Waals surface area contributed by atoms with Gasteiger partial charge in [0, 0.05) is 56.2 Å².